The van der Waals surface area contributed by atoms with Gasteiger partial charge >= 0.3 is 0 Å². The van der Waals surface area contributed by atoms with Gasteiger partial charge < -0.3 is 10.1 Å². The Kier molecular flexibility index (Phi) is 3.54. The zero-order chi connectivity index (χ0) is 12.3. The molecule has 4 heteroatoms. The smallest absolute Gasteiger partial charge is 0.248 e. The molecule has 0 unspecified atom stereocenters. The van der Waals surface area contributed by atoms with Gasteiger partial charge in [-0.05, 0) is 36.8 Å². The minimum atomic E-state index is -0.0727. The van der Waals surface area contributed by atoms with E-state index >= 15 is 0 Å². The third-order valence-electron chi connectivity index (χ3n) is 2.26. The number of aromatic hydroxyl groups is 1. The lowest BCUT2D eigenvalue weighted by Gasteiger charge is -2.03. The molecule has 3 nitrogen and oxygen atoms in total. The van der Waals surface area contributed by atoms with E-state index < -0.39 is 0 Å². The van der Waals surface area contributed by atoms with E-state index in [2.05, 4.69) is 4.98 Å². The largest absolute Gasteiger partial charge is 0.508 e. The monoisotopic (exact) mass is 247 g/mol. The van der Waals surface area contributed by atoms with Crippen LogP contribution in [0.1, 0.15) is 11.3 Å². The number of aromatic nitrogens is 1. The van der Waals surface area contributed by atoms with Crippen LogP contribution in [0.5, 0.6) is 5.75 Å². The van der Waals surface area contributed by atoms with E-state index in [-0.39, 0.29) is 11.3 Å². The van der Waals surface area contributed by atoms with Gasteiger partial charge in [-0.2, -0.15) is 0 Å². The van der Waals surface area contributed by atoms with Crippen LogP contribution in [-0.2, 0) is 5.75 Å². The Morgan fingerprint density at radius 3 is 2.82 bits per heavy atom. The second-order valence-electron chi connectivity index (χ2n) is 3.83. The molecule has 0 aliphatic heterocycles. The van der Waals surface area contributed by atoms with Crippen molar-refractivity contribution in [1.82, 2.24) is 4.98 Å². The molecule has 2 aromatic rings. The van der Waals surface area contributed by atoms with Crippen LogP contribution in [0.2, 0.25) is 0 Å². The first-order chi connectivity index (χ1) is 8.13. The summed E-state index contributed by atoms with van der Waals surface area (Å²) in [5.41, 5.74) is 1.78. The Hall–Kier alpha value is -1.68. The summed E-state index contributed by atoms with van der Waals surface area (Å²) in [4.78, 5) is 15.0. The lowest BCUT2D eigenvalue weighted by Crippen LogP contribution is -2.07. The molecule has 2 N–H and O–H groups in total. The summed E-state index contributed by atoms with van der Waals surface area (Å²) in [5, 5.41) is 9.33. The van der Waals surface area contributed by atoms with E-state index in [1.807, 2.05) is 19.1 Å². The fraction of sp³-hybridized carbons (Fsp3) is 0.154. The number of phenolic OH excluding ortho intramolecular Hbond substituents is 1. The Labute approximate surface area is 104 Å². The molecule has 1 aromatic carbocycles. The van der Waals surface area contributed by atoms with Crippen LogP contribution in [0.25, 0.3) is 0 Å². The molecule has 1 heterocycles. The Balaban J connectivity index is 2.09. The lowest BCUT2D eigenvalue weighted by atomic mass is 10.2. The fourth-order valence-corrected chi connectivity index (χ4v) is 2.42. The van der Waals surface area contributed by atoms with Gasteiger partial charge in [0, 0.05) is 22.4 Å². The van der Waals surface area contributed by atoms with E-state index in [1.165, 1.54) is 0 Å². The van der Waals surface area contributed by atoms with Crippen molar-refractivity contribution in [3.63, 3.8) is 0 Å². The predicted octanol–water partition coefficient (Wildman–Crippen LogP) is 2.68. The van der Waals surface area contributed by atoms with Crippen molar-refractivity contribution in [2.75, 3.05) is 0 Å². The van der Waals surface area contributed by atoms with Gasteiger partial charge in [0.15, 0.2) is 0 Å². The molecule has 0 spiro atoms. The van der Waals surface area contributed by atoms with E-state index in [0.717, 1.165) is 16.2 Å². The second-order valence-corrected chi connectivity index (χ2v) is 4.88. The fourth-order valence-electron chi connectivity index (χ4n) is 1.57. The molecule has 1 aromatic heterocycles. The Morgan fingerprint density at radius 2 is 2.12 bits per heavy atom. The summed E-state index contributed by atoms with van der Waals surface area (Å²) in [7, 11) is 0. The highest BCUT2D eigenvalue weighted by atomic mass is 32.2. The number of H-pyrrole nitrogens is 1. The van der Waals surface area contributed by atoms with Crippen LogP contribution < -0.4 is 5.56 Å². The van der Waals surface area contributed by atoms with Gasteiger partial charge in [-0.3, -0.25) is 4.79 Å². The number of rotatable bonds is 3. The topological polar surface area (TPSA) is 53.1 Å². The number of aromatic amines is 1. The first-order valence-electron chi connectivity index (χ1n) is 5.25. The van der Waals surface area contributed by atoms with Crippen molar-refractivity contribution in [2.45, 2.75) is 17.6 Å². The van der Waals surface area contributed by atoms with E-state index in [1.54, 1.807) is 36.0 Å². The standard InChI is InChI=1S/C13H13NO2S/c1-9-5-10(14-13(16)6-9)8-17-12-4-2-3-11(15)7-12/h2-7,15H,8H2,1H3,(H,14,16). The lowest BCUT2D eigenvalue weighted by molar-refractivity contribution is 0.474. The maximum atomic E-state index is 11.3. The van der Waals surface area contributed by atoms with E-state index in [0.29, 0.717) is 5.75 Å². The molecule has 17 heavy (non-hydrogen) atoms. The van der Waals surface area contributed by atoms with E-state index in [4.69, 9.17) is 0 Å². The summed E-state index contributed by atoms with van der Waals surface area (Å²) < 4.78 is 0. The van der Waals surface area contributed by atoms with Crippen LogP contribution in [-0.4, -0.2) is 10.1 Å². The van der Waals surface area contributed by atoms with Crippen molar-refractivity contribution >= 4 is 11.8 Å². The van der Waals surface area contributed by atoms with Crippen molar-refractivity contribution in [3.8, 4) is 5.75 Å². The molecular weight excluding hydrogens is 234 g/mol. The minimum Gasteiger partial charge on any atom is -0.508 e. The minimum absolute atomic E-state index is 0.0727. The number of hydrogen-bond acceptors (Lipinski definition) is 3. The number of phenols is 1. The number of aryl methyl sites for hydroxylation is 1. The molecule has 0 radical (unpaired) electrons. The van der Waals surface area contributed by atoms with Gasteiger partial charge in [-0.1, -0.05) is 6.07 Å². The maximum Gasteiger partial charge on any atom is 0.248 e. The molecule has 88 valence electrons. The van der Waals surface area contributed by atoms with Crippen LogP contribution in [0.15, 0.2) is 46.1 Å². The molecule has 0 atom stereocenters. The molecule has 0 fully saturated rings. The average Bonchev–Trinajstić information content (AvgIpc) is 2.25. The molecule has 0 saturated carbocycles. The quantitative estimate of drug-likeness (QED) is 0.820. The van der Waals surface area contributed by atoms with Crippen LogP contribution >= 0.6 is 11.8 Å². The normalized spacial score (nSPS) is 10.4. The van der Waals surface area contributed by atoms with Gasteiger partial charge in [0.1, 0.15) is 5.75 Å². The predicted molar refractivity (Wildman–Crippen MR) is 69.5 cm³/mol. The number of pyridine rings is 1. The van der Waals surface area contributed by atoms with Crippen molar-refractivity contribution in [2.24, 2.45) is 0 Å². The van der Waals surface area contributed by atoms with Crippen LogP contribution in [0.3, 0.4) is 0 Å². The van der Waals surface area contributed by atoms with Crippen molar-refractivity contribution in [3.05, 3.63) is 58.0 Å². The molecular formula is C13H13NO2S. The average molecular weight is 247 g/mol. The second kappa shape index (κ2) is 5.10. The first-order valence-corrected chi connectivity index (χ1v) is 6.24. The van der Waals surface area contributed by atoms with Crippen LogP contribution in [0.4, 0.5) is 0 Å². The van der Waals surface area contributed by atoms with Gasteiger partial charge in [0.25, 0.3) is 0 Å². The molecule has 2 rings (SSSR count). The zero-order valence-electron chi connectivity index (χ0n) is 9.43. The summed E-state index contributed by atoms with van der Waals surface area (Å²) in [6.45, 7) is 1.90. The molecule has 0 saturated heterocycles. The van der Waals surface area contributed by atoms with Crippen molar-refractivity contribution in [1.29, 1.82) is 0 Å². The molecule has 0 bridgehead atoms. The summed E-state index contributed by atoms with van der Waals surface area (Å²) in [5.74, 6) is 0.938. The Bertz CT molecular complexity index is 578. The number of hydrogen-bond donors (Lipinski definition) is 2. The number of thioether (sulfide) groups is 1. The van der Waals surface area contributed by atoms with E-state index in [9.17, 15) is 9.90 Å². The third kappa shape index (κ3) is 3.39. The molecule has 0 amide bonds. The highest BCUT2D eigenvalue weighted by Gasteiger charge is 1.99. The summed E-state index contributed by atoms with van der Waals surface area (Å²) in [6, 6.07) is 10.6. The zero-order valence-corrected chi connectivity index (χ0v) is 10.3. The van der Waals surface area contributed by atoms with Gasteiger partial charge in [0.2, 0.25) is 5.56 Å². The maximum absolute atomic E-state index is 11.3. The highest BCUT2D eigenvalue weighted by molar-refractivity contribution is 7.98. The third-order valence-corrected chi connectivity index (χ3v) is 3.30. The summed E-state index contributed by atoms with van der Waals surface area (Å²) in [6.07, 6.45) is 0. The number of nitrogens with one attached hydrogen (secondary N) is 1. The van der Waals surface area contributed by atoms with Crippen LogP contribution in [0, 0.1) is 6.92 Å². The molecule has 0 aliphatic rings. The molecule has 0 aliphatic carbocycles. The Morgan fingerprint density at radius 1 is 1.29 bits per heavy atom. The van der Waals surface area contributed by atoms with Crippen molar-refractivity contribution < 1.29 is 5.11 Å². The van der Waals surface area contributed by atoms with Gasteiger partial charge in [0.05, 0.1) is 0 Å². The number of benzene rings is 1. The highest BCUT2D eigenvalue weighted by Crippen LogP contribution is 2.24. The summed E-state index contributed by atoms with van der Waals surface area (Å²) >= 11 is 1.57. The van der Waals surface area contributed by atoms with Gasteiger partial charge in [-0.25, -0.2) is 0 Å². The van der Waals surface area contributed by atoms with Gasteiger partial charge in [-0.15, -0.1) is 11.8 Å². The SMILES string of the molecule is Cc1cc(CSc2cccc(O)c2)[nH]c(=O)c1. The first kappa shape index (κ1) is 11.8.